The number of rotatable bonds is 6. The molecular formula is C49H41IrN3O2Si-2. The number of nitrogens with zero attached hydrogens (tertiary/aromatic N) is 3. The van der Waals surface area contributed by atoms with Gasteiger partial charge in [0.05, 0.1) is 36.1 Å². The summed E-state index contributed by atoms with van der Waals surface area (Å²) in [4.78, 5) is 9.76. The Morgan fingerprint density at radius 1 is 0.696 bits per heavy atom. The van der Waals surface area contributed by atoms with Crippen LogP contribution in [-0.2, 0) is 26.5 Å². The summed E-state index contributed by atoms with van der Waals surface area (Å²) >= 11 is 0. The molecule has 10 aromatic rings. The van der Waals surface area contributed by atoms with E-state index in [9.17, 15) is 0 Å². The average molecular weight is 924 g/mol. The third kappa shape index (κ3) is 6.92. The zero-order chi connectivity index (χ0) is 37.7. The number of pyridine rings is 1. The minimum Gasteiger partial charge on any atom is -0.501 e. The standard InChI is InChI=1S/C25H15N2O.C24H26NOSi.Ir/c1-2-8-18(9-3-1)27-22-12-6-5-11-21(22)26-25(27)17-14-15-20-19-10-4-7-13-23(19)28-24(20)16-17;1-16(2)13-17-14-21(25-15-23(17)27(3,4)5)20-11-8-10-19-18-9-6-7-12-22(18)26-24(19)20;/h1-13,15-16H;6-10,12,14-16H,13H2,1-5H3;/q2*-1;. The first kappa shape index (κ1) is 37.3. The first-order valence-electron chi connectivity index (χ1n) is 18.9. The molecule has 0 aliphatic rings. The van der Waals surface area contributed by atoms with Crippen LogP contribution >= 0.6 is 0 Å². The first-order chi connectivity index (χ1) is 26.7. The van der Waals surface area contributed by atoms with Crippen LogP contribution in [0.15, 0.2) is 148 Å². The fourth-order valence-electron chi connectivity index (χ4n) is 7.64. The van der Waals surface area contributed by atoms with Crippen molar-refractivity contribution in [1.29, 1.82) is 0 Å². The number of fused-ring (bicyclic) bond motifs is 7. The van der Waals surface area contributed by atoms with E-state index in [0.29, 0.717) is 5.92 Å². The summed E-state index contributed by atoms with van der Waals surface area (Å²) in [7, 11) is -1.44. The van der Waals surface area contributed by atoms with Crippen LogP contribution in [0.25, 0.3) is 83.2 Å². The second kappa shape index (κ2) is 15.2. The summed E-state index contributed by atoms with van der Waals surface area (Å²) in [6.07, 6.45) is 3.18. The maximum Gasteiger partial charge on any atom is 0.123 e. The Kier molecular flexibility index (Phi) is 10.1. The molecule has 0 fully saturated rings. The summed E-state index contributed by atoms with van der Waals surface area (Å²) in [6, 6.07) is 52.0. The van der Waals surface area contributed by atoms with E-state index in [-0.39, 0.29) is 20.1 Å². The van der Waals surface area contributed by atoms with Gasteiger partial charge < -0.3 is 18.4 Å². The van der Waals surface area contributed by atoms with Gasteiger partial charge in [0.25, 0.3) is 0 Å². The quantitative estimate of drug-likeness (QED) is 0.123. The van der Waals surface area contributed by atoms with Crippen molar-refractivity contribution >= 4 is 68.2 Å². The van der Waals surface area contributed by atoms with Gasteiger partial charge in [-0.15, -0.1) is 35.9 Å². The number of hydrogen-bond acceptors (Lipinski definition) is 4. The predicted molar refractivity (Wildman–Crippen MR) is 230 cm³/mol. The van der Waals surface area contributed by atoms with E-state index in [1.54, 1.807) is 0 Å². The molecule has 0 aliphatic heterocycles. The van der Waals surface area contributed by atoms with Crippen LogP contribution in [0.2, 0.25) is 19.6 Å². The molecule has 5 nitrogen and oxygen atoms in total. The van der Waals surface area contributed by atoms with E-state index in [1.165, 1.54) is 10.8 Å². The molecule has 0 N–H and O–H groups in total. The van der Waals surface area contributed by atoms with Gasteiger partial charge in [0, 0.05) is 37.4 Å². The van der Waals surface area contributed by atoms with E-state index >= 15 is 0 Å². The molecule has 279 valence electrons. The largest absolute Gasteiger partial charge is 0.501 e. The minimum absolute atomic E-state index is 0. The molecule has 10 rings (SSSR count). The van der Waals surface area contributed by atoms with E-state index in [0.717, 1.165) is 89.7 Å². The number of benzene rings is 6. The van der Waals surface area contributed by atoms with E-state index in [2.05, 4.69) is 105 Å². The van der Waals surface area contributed by atoms with Gasteiger partial charge in [0.15, 0.2) is 0 Å². The molecule has 1 radical (unpaired) electrons. The molecule has 0 spiro atoms. The van der Waals surface area contributed by atoms with Crippen molar-refractivity contribution < 1.29 is 28.9 Å². The SMILES string of the molecule is CC(C)Cc1cc(-c2[c-]ccc3c2oc2ccccc23)ncc1[Si](C)(C)C.[Ir].[c-]1cc2c(cc1-c1nc3ccccc3n1-c1ccccc1)oc1ccccc12. The minimum atomic E-state index is -1.44. The molecule has 6 aromatic carbocycles. The summed E-state index contributed by atoms with van der Waals surface area (Å²) in [6.45, 7) is 11.7. The van der Waals surface area contributed by atoms with Crippen molar-refractivity contribution in [2.75, 3.05) is 0 Å². The van der Waals surface area contributed by atoms with Crippen LogP contribution in [0.4, 0.5) is 0 Å². The molecule has 0 unspecified atom stereocenters. The Morgan fingerprint density at radius 3 is 2.12 bits per heavy atom. The van der Waals surface area contributed by atoms with Crippen molar-refractivity contribution in [1.82, 2.24) is 14.5 Å². The van der Waals surface area contributed by atoms with Gasteiger partial charge in [-0.05, 0) is 65.0 Å². The smallest absolute Gasteiger partial charge is 0.123 e. The van der Waals surface area contributed by atoms with Crippen LogP contribution < -0.4 is 5.19 Å². The van der Waals surface area contributed by atoms with Crippen molar-refractivity contribution in [2.45, 2.75) is 39.9 Å². The zero-order valence-electron chi connectivity index (χ0n) is 32.1. The number of imidazole rings is 1. The molecule has 0 aliphatic carbocycles. The third-order valence-electron chi connectivity index (χ3n) is 10.1. The van der Waals surface area contributed by atoms with Crippen LogP contribution in [0.5, 0.6) is 0 Å². The zero-order valence-corrected chi connectivity index (χ0v) is 35.5. The van der Waals surface area contributed by atoms with Gasteiger partial charge in [-0.25, -0.2) is 0 Å². The molecule has 56 heavy (non-hydrogen) atoms. The Morgan fingerprint density at radius 2 is 1.38 bits per heavy atom. The molecule has 7 heteroatoms. The van der Waals surface area contributed by atoms with Crippen molar-refractivity contribution in [2.24, 2.45) is 5.92 Å². The molecule has 0 atom stereocenters. The van der Waals surface area contributed by atoms with Crippen LogP contribution in [0, 0.1) is 18.1 Å². The van der Waals surface area contributed by atoms with E-state index < -0.39 is 8.07 Å². The number of para-hydroxylation sites is 5. The van der Waals surface area contributed by atoms with E-state index in [4.69, 9.17) is 18.8 Å². The van der Waals surface area contributed by atoms with Gasteiger partial charge in [-0.2, -0.15) is 0 Å². The molecular weight excluding hydrogens is 883 g/mol. The van der Waals surface area contributed by atoms with Gasteiger partial charge >= 0.3 is 0 Å². The normalized spacial score (nSPS) is 11.8. The maximum atomic E-state index is 6.19. The fourth-order valence-corrected chi connectivity index (χ4v) is 9.23. The summed E-state index contributed by atoms with van der Waals surface area (Å²) in [5.74, 6) is 1.47. The van der Waals surface area contributed by atoms with Crippen LogP contribution in [0.3, 0.4) is 0 Å². The molecule has 0 saturated carbocycles. The summed E-state index contributed by atoms with van der Waals surface area (Å²) in [5.41, 5.74) is 10.9. The molecule has 4 heterocycles. The monoisotopic (exact) mass is 924 g/mol. The van der Waals surface area contributed by atoms with Crippen LogP contribution in [0.1, 0.15) is 19.4 Å². The average Bonchev–Trinajstić information content (AvgIpc) is 3.89. The Hall–Kier alpha value is -5.59. The summed E-state index contributed by atoms with van der Waals surface area (Å²) in [5, 5.41) is 5.90. The molecule has 0 bridgehead atoms. The van der Waals surface area contributed by atoms with Crippen molar-refractivity contribution in [3.8, 4) is 28.3 Å². The topological polar surface area (TPSA) is 57.0 Å². The van der Waals surface area contributed by atoms with Gasteiger partial charge in [0.2, 0.25) is 0 Å². The Balaban J connectivity index is 0.000000155. The molecule has 4 aromatic heterocycles. The second-order valence-corrected chi connectivity index (χ2v) is 20.6. The Labute approximate surface area is 341 Å². The first-order valence-corrected chi connectivity index (χ1v) is 22.4. The fraction of sp³-hybridized carbons (Fsp3) is 0.143. The van der Waals surface area contributed by atoms with Crippen molar-refractivity contribution in [3.05, 3.63) is 157 Å². The number of hydrogen-bond donors (Lipinski definition) is 0. The number of furan rings is 2. The van der Waals surface area contributed by atoms with Gasteiger partial charge in [-0.1, -0.05) is 134 Å². The molecule has 0 amide bonds. The Bertz CT molecular complexity index is 2990. The number of aromatic nitrogens is 3. The van der Waals surface area contributed by atoms with Crippen molar-refractivity contribution in [3.63, 3.8) is 0 Å². The van der Waals surface area contributed by atoms with Gasteiger partial charge in [0.1, 0.15) is 11.2 Å². The predicted octanol–water partition coefficient (Wildman–Crippen LogP) is 12.6. The van der Waals surface area contributed by atoms with Crippen LogP contribution in [-0.4, -0.2) is 22.6 Å². The molecule has 0 saturated heterocycles. The second-order valence-electron chi connectivity index (χ2n) is 15.6. The third-order valence-corrected chi connectivity index (χ3v) is 12.2. The van der Waals surface area contributed by atoms with E-state index in [1.807, 2.05) is 84.9 Å². The maximum absolute atomic E-state index is 6.19. The summed E-state index contributed by atoms with van der Waals surface area (Å²) < 4.78 is 14.4. The van der Waals surface area contributed by atoms with Gasteiger partial charge in [-0.3, -0.25) is 4.98 Å².